The van der Waals surface area contributed by atoms with E-state index in [2.05, 4.69) is 9.47 Å². The molecule has 0 saturated heterocycles. The highest BCUT2D eigenvalue weighted by atomic mass is 16.6. The predicted molar refractivity (Wildman–Crippen MR) is 47.7 cm³/mol. The van der Waals surface area contributed by atoms with Crippen molar-refractivity contribution in [2.75, 3.05) is 14.2 Å². The highest BCUT2D eigenvalue weighted by molar-refractivity contribution is 6.02. The molecule has 0 aromatic carbocycles. The lowest BCUT2D eigenvalue weighted by atomic mass is 10.1. The minimum Gasteiger partial charge on any atom is -0.467 e. The Morgan fingerprint density at radius 2 is 1.20 bits per heavy atom. The van der Waals surface area contributed by atoms with E-state index in [-0.39, 0.29) is 0 Å². The third kappa shape index (κ3) is 0.955. The number of rotatable bonds is 2. The number of carbonyl (C=O) groups excluding carboxylic acids is 2. The topological polar surface area (TPSA) is 93.1 Å². The molecule has 2 unspecified atom stereocenters. The summed E-state index contributed by atoms with van der Waals surface area (Å²) in [5.41, 5.74) is -5.83. The van der Waals surface area contributed by atoms with Crippen LogP contribution < -0.4 is 0 Å². The number of ether oxygens (including phenoxy) is 2. The number of esters is 2. The van der Waals surface area contributed by atoms with Crippen LogP contribution in [0.2, 0.25) is 0 Å². The van der Waals surface area contributed by atoms with Gasteiger partial charge in [0.15, 0.2) is 0 Å². The second-order valence-electron chi connectivity index (χ2n) is 4.03. The molecule has 1 aliphatic rings. The number of hydrogen-bond donors (Lipinski definition) is 2. The van der Waals surface area contributed by atoms with Crippen LogP contribution in [0.4, 0.5) is 0 Å². The molecule has 0 radical (unpaired) electrons. The average Bonchev–Trinajstić information content (AvgIpc) is 2.57. The zero-order chi connectivity index (χ0) is 12.1. The van der Waals surface area contributed by atoms with Gasteiger partial charge in [0, 0.05) is 0 Å². The largest absolute Gasteiger partial charge is 0.467 e. The van der Waals surface area contributed by atoms with Gasteiger partial charge in [-0.3, -0.25) is 0 Å². The van der Waals surface area contributed by atoms with E-state index in [4.69, 9.17) is 0 Å². The summed E-state index contributed by atoms with van der Waals surface area (Å²) in [4.78, 5) is 22.6. The molecule has 2 N–H and O–H groups in total. The van der Waals surface area contributed by atoms with Crippen molar-refractivity contribution < 1.29 is 29.3 Å². The number of aliphatic hydroxyl groups is 2. The Hall–Kier alpha value is -1.14. The van der Waals surface area contributed by atoms with Crippen LogP contribution in [0.25, 0.3) is 0 Å². The average molecular weight is 218 g/mol. The molecular weight excluding hydrogens is 204 g/mol. The smallest absolute Gasteiger partial charge is 0.342 e. The van der Waals surface area contributed by atoms with Gasteiger partial charge >= 0.3 is 11.9 Å². The van der Waals surface area contributed by atoms with Crippen LogP contribution in [0, 0.1) is 5.41 Å². The molecule has 1 aliphatic carbocycles. The molecule has 2 atom stereocenters. The summed E-state index contributed by atoms with van der Waals surface area (Å²) in [6, 6.07) is 0. The van der Waals surface area contributed by atoms with Crippen molar-refractivity contribution in [1.82, 2.24) is 0 Å². The zero-order valence-electron chi connectivity index (χ0n) is 9.03. The van der Waals surface area contributed by atoms with Gasteiger partial charge in [-0.1, -0.05) is 13.8 Å². The van der Waals surface area contributed by atoms with E-state index >= 15 is 0 Å². The standard InChI is InChI=1S/C9H14O6/c1-7(2)8(12,5(10)14-3)9(7,13)6(11)15-4/h12-13H,1-4H3. The van der Waals surface area contributed by atoms with Crippen molar-refractivity contribution in [1.29, 1.82) is 0 Å². The third-order valence-electron chi connectivity index (χ3n) is 3.23. The van der Waals surface area contributed by atoms with Crippen molar-refractivity contribution in [2.45, 2.75) is 25.0 Å². The number of hydrogen-bond acceptors (Lipinski definition) is 6. The zero-order valence-corrected chi connectivity index (χ0v) is 9.03. The summed E-state index contributed by atoms with van der Waals surface area (Å²) in [7, 11) is 2.12. The summed E-state index contributed by atoms with van der Waals surface area (Å²) >= 11 is 0. The van der Waals surface area contributed by atoms with Crippen molar-refractivity contribution >= 4 is 11.9 Å². The minimum absolute atomic E-state index is 1.06. The second-order valence-corrected chi connectivity index (χ2v) is 4.03. The molecule has 0 aromatic rings. The third-order valence-corrected chi connectivity index (χ3v) is 3.23. The van der Waals surface area contributed by atoms with Gasteiger partial charge in [0.2, 0.25) is 11.2 Å². The fourth-order valence-electron chi connectivity index (χ4n) is 1.93. The predicted octanol–water partition coefficient (Wildman–Crippen LogP) is -1.17. The van der Waals surface area contributed by atoms with Crippen LogP contribution >= 0.6 is 0 Å². The molecule has 6 nitrogen and oxygen atoms in total. The summed E-state index contributed by atoms with van der Waals surface area (Å²) in [5, 5.41) is 19.8. The van der Waals surface area contributed by atoms with Crippen molar-refractivity contribution in [3.05, 3.63) is 0 Å². The molecule has 1 fully saturated rings. The summed E-state index contributed by atoms with van der Waals surface area (Å²) in [6.45, 7) is 2.75. The van der Waals surface area contributed by atoms with Crippen LogP contribution in [-0.4, -0.2) is 47.6 Å². The van der Waals surface area contributed by atoms with Crippen LogP contribution in [0.5, 0.6) is 0 Å². The molecule has 0 spiro atoms. The maximum Gasteiger partial charge on any atom is 0.342 e. The van der Waals surface area contributed by atoms with Gasteiger partial charge in [-0.15, -0.1) is 0 Å². The van der Waals surface area contributed by atoms with Gasteiger partial charge in [-0.25, -0.2) is 9.59 Å². The number of methoxy groups -OCH3 is 2. The molecule has 0 heterocycles. The molecule has 1 rings (SSSR count). The van der Waals surface area contributed by atoms with Crippen LogP contribution in [0.3, 0.4) is 0 Å². The lowest BCUT2D eigenvalue weighted by Gasteiger charge is -2.11. The van der Waals surface area contributed by atoms with Gasteiger partial charge in [-0.2, -0.15) is 0 Å². The highest BCUT2D eigenvalue weighted by Crippen LogP contribution is 2.65. The highest BCUT2D eigenvalue weighted by Gasteiger charge is 2.92. The summed E-state index contributed by atoms with van der Waals surface area (Å²) in [6.07, 6.45) is 0. The maximum atomic E-state index is 11.3. The van der Waals surface area contributed by atoms with Gasteiger partial charge in [0.05, 0.1) is 19.6 Å². The van der Waals surface area contributed by atoms with Crippen LogP contribution in [-0.2, 0) is 19.1 Å². The first-order chi connectivity index (χ1) is 6.71. The Kier molecular flexibility index (Phi) is 2.33. The first-order valence-corrected chi connectivity index (χ1v) is 4.33. The Labute approximate surface area is 86.8 Å². The molecule has 0 aromatic heterocycles. The molecular formula is C9H14O6. The van der Waals surface area contributed by atoms with Gasteiger partial charge < -0.3 is 19.7 Å². The van der Waals surface area contributed by atoms with Crippen LogP contribution in [0.1, 0.15) is 13.8 Å². The maximum absolute atomic E-state index is 11.3. The van der Waals surface area contributed by atoms with E-state index in [0.717, 1.165) is 14.2 Å². The molecule has 15 heavy (non-hydrogen) atoms. The normalized spacial score (nSPS) is 36.9. The fraction of sp³-hybridized carbons (Fsp3) is 0.778. The fourth-order valence-corrected chi connectivity index (χ4v) is 1.93. The Morgan fingerprint density at radius 3 is 1.40 bits per heavy atom. The Balaban J connectivity index is 3.16. The summed E-state index contributed by atoms with van der Waals surface area (Å²) < 4.78 is 8.69. The Bertz CT molecular complexity index is 293. The van der Waals surface area contributed by atoms with Crippen molar-refractivity contribution in [3.63, 3.8) is 0 Å². The molecule has 1 saturated carbocycles. The van der Waals surface area contributed by atoms with Gasteiger partial charge in [-0.05, 0) is 0 Å². The molecule has 0 bridgehead atoms. The van der Waals surface area contributed by atoms with Crippen molar-refractivity contribution in [3.8, 4) is 0 Å². The molecule has 6 heteroatoms. The van der Waals surface area contributed by atoms with Crippen LogP contribution in [0.15, 0.2) is 0 Å². The molecule has 0 amide bonds. The summed E-state index contributed by atoms with van der Waals surface area (Å²) in [5.74, 6) is -2.11. The van der Waals surface area contributed by atoms with Gasteiger partial charge in [0.25, 0.3) is 0 Å². The SMILES string of the molecule is COC(=O)C1(O)C(C)(C)C1(O)C(=O)OC. The van der Waals surface area contributed by atoms with E-state index in [9.17, 15) is 19.8 Å². The first kappa shape index (κ1) is 11.9. The quantitative estimate of drug-likeness (QED) is 0.567. The van der Waals surface area contributed by atoms with Crippen molar-refractivity contribution in [2.24, 2.45) is 5.41 Å². The molecule has 86 valence electrons. The lowest BCUT2D eigenvalue weighted by Crippen LogP contribution is -2.40. The van der Waals surface area contributed by atoms with E-state index in [0.29, 0.717) is 0 Å². The number of carbonyl (C=O) groups is 2. The monoisotopic (exact) mass is 218 g/mol. The van der Waals surface area contributed by atoms with E-state index < -0.39 is 28.6 Å². The minimum atomic E-state index is -2.25. The van der Waals surface area contributed by atoms with E-state index in [1.165, 1.54) is 13.8 Å². The van der Waals surface area contributed by atoms with Gasteiger partial charge in [0.1, 0.15) is 0 Å². The van der Waals surface area contributed by atoms with E-state index in [1.807, 2.05) is 0 Å². The molecule has 0 aliphatic heterocycles. The Morgan fingerprint density at radius 1 is 0.933 bits per heavy atom. The first-order valence-electron chi connectivity index (χ1n) is 4.33. The lowest BCUT2D eigenvalue weighted by molar-refractivity contribution is -0.169. The second kappa shape index (κ2) is 2.93. The van der Waals surface area contributed by atoms with E-state index in [1.54, 1.807) is 0 Å².